The molecule has 2 aromatic carbocycles. The largest absolute Gasteiger partial charge is 0.494 e. The molecule has 0 heterocycles. The molecule has 0 saturated carbocycles. The number of quaternary nitrogens is 1. The normalized spacial score (nSPS) is 11.2. The van der Waals surface area contributed by atoms with Gasteiger partial charge in [0.05, 0.1) is 53.5 Å². The van der Waals surface area contributed by atoms with Crippen LogP contribution in [0.4, 0.5) is 5.69 Å². The number of carbonyl (C=O) groups is 2. The minimum Gasteiger partial charge on any atom is -0.494 e. The SMILES string of the molecule is COC(=O)c1ccc(OCCCCCCCCOC(=O)Cc2ccc([N+](C)(C)C)cc2)cc1. The Kier molecular flexibility index (Phi) is 10.9. The van der Waals surface area contributed by atoms with Crippen LogP contribution >= 0.6 is 0 Å². The highest BCUT2D eigenvalue weighted by Gasteiger charge is 2.12. The predicted molar refractivity (Wildman–Crippen MR) is 132 cm³/mol. The molecule has 33 heavy (non-hydrogen) atoms. The fourth-order valence-electron chi connectivity index (χ4n) is 3.37. The van der Waals surface area contributed by atoms with Gasteiger partial charge in [-0.3, -0.25) is 9.28 Å². The van der Waals surface area contributed by atoms with Gasteiger partial charge in [-0.2, -0.15) is 0 Å². The first-order chi connectivity index (χ1) is 15.8. The first kappa shape index (κ1) is 26.4. The smallest absolute Gasteiger partial charge is 0.337 e. The second-order valence-corrected chi connectivity index (χ2v) is 9.06. The molecule has 0 aliphatic heterocycles. The second-order valence-electron chi connectivity index (χ2n) is 9.06. The van der Waals surface area contributed by atoms with E-state index in [9.17, 15) is 9.59 Å². The van der Waals surface area contributed by atoms with Crippen LogP contribution < -0.4 is 9.22 Å². The number of nitrogens with zero attached hydrogens (tertiary/aromatic N) is 1. The van der Waals surface area contributed by atoms with Crippen molar-refractivity contribution in [1.29, 1.82) is 0 Å². The van der Waals surface area contributed by atoms with Gasteiger partial charge in [-0.1, -0.05) is 37.8 Å². The molecule has 0 fully saturated rings. The molecular formula is C27H38NO5+. The molecule has 180 valence electrons. The third-order valence-corrected chi connectivity index (χ3v) is 5.41. The molecule has 0 aliphatic carbocycles. The Morgan fingerprint density at radius 2 is 1.33 bits per heavy atom. The van der Waals surface area contributed by atoms with Crippen LogP contribution in [0.25, 0.3) is 0 Å². The number of carbonyl (C=O) groups excluding carboxylic acids is 2. The van der Waals surface area contributed by atoms with Crippen molar-refractivity contribution in [3.63, 3.8) is 0 Å². The van der Waals surface area contributed by atoms with Crippen molar-refractivity contribution in [2.24, 2.45) is 0 Å². The van der Waals surface area contributed by atoms with Gasteiger partial charge < -0.3 is 14.2 Å². The maximum Gasteiger partial charge on any atom is 0.337 e. The molecular weight excluding hydrogens is 418 g/mol. The molecule has 0 aliphatic rings. The van der Waals surface area contributed by atoms with Gasteiger partial charge in [0.15, 0.2) is 0 Å². The van der Waals surface area contributed by atoms with Gasteiger partial charge in [-0.05, 0) is 54.8 Å². The van der Waals surface area contributed by atoms with Gasteiger partial charge in [0.2, 0.25) is 0 Å². The molecule has 0 aromatic heterocycles. The molecule has 6 nitrogen and oxygen atoms in total. The van der Waals surface area contributed by atoms with Crippen LogP contribution in [0.3, 0.4) is 0 Å². The molecule has 0 atom stereocenters. The summed E-state index contributed by atoms with van der Waals surface area (Å²) in [6.45, 7) is 1.14. The first-order valence-corrected chi connectivity index (χ1v) is 11.7. The minimum absolute atomic E-state index is 0.162. The van der Waals surface area contributed by atoms with Gasteiger partial charge in [-0.15, -0.1) is 0 Å². The second kappa shape index (κ2) is 13.6. The van der Waals surface area contributed by atoms with Crippen molar-refractivity contribution in [3.05, 3.63) is 59.7 Å². The Balaban J connectivity index is 1.46. The molecule has 2 aromatic rings. The van der Waals surface area contributed by atoms with Crippen molar-refractivity contribution in [2.75, 3.05) is 41.5 Å². The van der Waals surface area contributed by atoms with E-state index in [1.807, 2.05) is 12.1 Å². The number of rotatable bonds is 14. The topological polar surface area (TPSA) is 61.8 Å². The van der Waals surface area contributed by atoms with Crippen molar-refractivity contribution in [1.82, 2.24) is 4.48 Å². The Morgan fingerprint density at radius 3 is 1.91 bits per heavy atom. The number of esters is 2. The molecule has 0 bridgehead atoms. The summed E-state index contributed by atoms with van der Waals surface area (Å²) in [6, 6.07) is 15.1. The lowest BCUT2D eigenvalue weighted by molar-refractivity contribution is -0.142. The van der Waals surface area contributed by atoms with E-state index in [4.69, 9.17) is 9.47 Å². The lowest BCUT2D eigenvalue weighted by Crippen LogP contribution is -2.34. The van der Waals surface area contributed by atoms with Crippen molar-refractivity contribution in [3.8, 4) is 5.75 Å². The van der Waals surface area contributed by atoms with Crippen LogP contribution in [0.5, 0.6) is 5.75 Å². The van der Waals surface area contributed by atoms with Crippen LogP contribution in [0.15, 0.2) is 48.5 Å². The van der Waals surface area contributed by atoms with Gasteiger partial charge >= 0.3 is 11.9 Å². The summed E-state index contributed by atoms with van der Waals surface area (Å²) in [5, 5.41) is 0. The van der Waals surface area contributed by atoms with E-state index in [0.29, 0.717) is 25.2 Å². The van der Waals surface area contributed by atoms with E-state index < -0.39 is 0 Å². The number of methoxy groups -OCH3 is 1. The zero-order valence-corrected chi connectivity index (χ0v) is 20.5. The third-order valence-electron chi connectivity index (χ3n) is 5.41. The monoisotopic (exact) mass is 456 g/mol. The molecule has 0 saturated heterocycles. The van der Waals surface area contributed by atoms with E-state index >= 15 is 0 Å². The van der Waals surface area contributed by atoms with E-state index in [1.165, 1.54) is 12.8 Å². The lowest BCUT2D eigenvalue weighted by Gasteiger charge is -2.23. The Bertz CT molecular complexity index is 854. The summed E-state index contributed by atoms with van der Waals surface area (Å²) >= 11 is 0. The molecule has 2 rings (SSSR count). The van der Waals surface area contributed by atoms with Crippen molar-refractivity contribution < 1.29 is 23.8 Å². The highest BCUT2D eigenvalue weighted by Crippen LogP contribution is 2.18. The molecule has 0 amide bonds. The Morgan fingerprint density at radius 1 is 0.758 bits per heavy atom. The first-order valence-electron chi connectivity index (χ1n) is 11.7. The predicted octanol–water partition coefficient (Wildman–Crippen LogP) is 5.18. The standard InChI is InChI=1S/C27H38NO5/c1-28(2,3)24-15-11-22(12-16-24)21-26(29)33-20-10-8-6-5-7-9-19-32-25-17-13-23(14-18-25)27(30)31-4/h11-18H,5-10,19-21H2,1-4H3/q+1. The maximum absolute atomic E-state index is 12.0. The zero-order valence-electron chi connectivity index (χ0n) is 20.5. The van der Waals surface area contributed by atoms with Crippen LogP contribution in [-0.4, -0.2) is 53.4 Å². The average molecular weight is 457 g/mol. The molecule has 6 heteroatoms. The van der Waals surface area contributed by atoms with Gasteiger partial charge in [0.25, 0.3) is 0 Å². The van der Waals surface area contributed by atoms with Crippen LogP contribution in [0.2, 0.25) is 0 Å². The zero-order chi connectivity index (χ0) is 24.1. The van der Waals surface area contributed by atoms with Gasteiger partial charge in [0, 0.05) is 0 Å². The highest BCUT2D eigenvalue weighted by molar-refractivity contribution is 5.89. The Labute approximate surface area is 198 Å². The van der Waals surface area contributed by atoms with Crippen LogP contribution in [0.1, 0.15) is 54.4 Å². The van der Waals surface area contributed by atoms with Crippen LogP contribution in [0, 0.1) is 0 Å². The minimum atomic E-state index is -0.346. The third kappa shape index (κ3) is 10.1. The summed E-state index contributed by atoms with van der Waals surface area (Å²) < 4.78 is 16.5. The van der Waals surface area contributed by atoms with E-state index in [1.54, 1.807) is 24.3 Å². The number of hydrogen-bond donors (Lipinski definition) is 0. The fraction of sp³-hybridized carbons (Fsp3) is 0.481. The summed E-state index contributed by atoms with van der Waals surface area (Å²) in [7, 11) is 7.72. The molecule has 0 unspecified atom stereocenters. The number of hydrogen-bond acceptors (Lipinski definition) is 5. The van der Waals surface area contributed by atoms with Crippen molar-refractivity contribution >= 4 is 17.6 Å². The maximum atomic E-state index is 12.0. The highest BCUT2D eigenvalue weighted by atomic mass is 16.5. The quantitative estimate of drug-likeness (QED) is 0.223. The number of ether oxygens (including phenoxy) is 3. The van der Waals surface area contributed by atoms with Gasteiger partial charge in [0.1, 0.15) is 11.4 Å². The van der Waals surface area contributed by atoms with Crippen LogP contribution in [-0.2, 0) is 20.7 Å². The van der Waals surface area contributed by atoms with E-state index in [-0.39, 0.29) is 11.9 Å². The lowest BCUT2D eigenvalue weighted by atomic mass is 10.1. The summed E-state index contributed by atoms with van der Waals surface area (Å²) in [4.78, 5) is 23.4. The molecule has 0 N–H and O–H groups in total. The molecule has 0 spiro atoms. The van der Waals surface area contributed by atoms with Gasteiger partial charge in [-0.25, -0.2) is 4.79 Å². The summed E-state index contributed by atoms with van der Waals surface area (Å²) in [6.07, 6.45) is 6.62. The summed E-state index contributed by atoms with van der Waals surface area (Å²) in [5.41, 5.74) is 2.71. The Hall–Kier alpha value is -2.86. The fourth-order valence-corrected chi connectivity index (χ4v) is 3.37. The average Bonchev–Trinajstić information content (AvgIpc) is 2.80. The number of benzene rings is 2. The van der Waals surface area contributed by atoms with E-state index in [2.05, 4.69) is 38.0 Å². The molecule has 0 radical (unpaired) electrons. The van der Waals surface area contributed by atoms with E-state index in [0.717, 1.165) is 54.3 Å². The number of unbranched alkanes of at least 4 members (excludes halogenated alkanes) is 5. The van der Waals surface area contributed by atoms with Crippen molar-refractivity contribution in [2.45, 2.75) is 44.9 Å². The summed E-state index contributed by atoms with van der Waals surface area (Å²) in [5.74, 6) is 0.250.